The van der Waals surface area contributed by atoms with E-state index in [1.807, 2.05) is 12.3 Å². The van der Waals surface area contributed by atoms with Gasteiger partial charge in [-0.05, 0) is 30.6 Å². The van der Waals surface area contributed by atoms with Crippen LogP contribution in [0.15, 0.2) is 36.5 Å². The Hall–Kier alpha value is -1.35. The molecule has 0 spiro atoms. The predicted molar refractivity (Wildman–Crippen MR) is 73.9 cm³/mol. The Balaban J connectivity index is 2.49. The molecule has 17 heavy (non-hydrogen) atoms. The van der Waals surface area contributed by atoms with Gasteiger partial charge in [0, 0.05) is 11.9 Å². The number of rotatable bonds is 4. The lowest BCUT2D eigenvalue weighted by molar-refractivity contribution is 0.541. The van der Waals surface area contributed by atoms with Gasteiger partial charge in [-0.15, -0.1) is 0 Å². The normalized spacial score (nSPS) is 12.6. The molecule has 1 unspecified atom stereocenters. The Morgan fingerprint density at radius 1 is 1.24 bits per heavy atom. The maximum absolute atomic E-state index is 5.39. The molecule has 2 nitrogen and oxygen atoms in total. The third-order valence-electron chi connectivity index (χ3n) is 3.14. The van der Waals surface area contributed by atoms with Gasteiger partial charge in [0.2, 0.25) is 0 Å². The fraction of sp³-hybridized carbons (Fsp3) is 0.357. The van der Waals surface area contributed by atoms with E-state index in [-0.39, 0.29) is 0 Å². The van der Waals surface area contributed by atoms with Crippen LogP contribution in [-0.2, 0) is 6.42 Å². The zero-order valence-electron chi connectivity index (χ0n) is 10.3. The van der Waals surface area contributed by atoms with Gasteiger partial charge in [-0.2, -0.15) is 0 Å². The molecule has 2 aromatic rings. The molecule has 0 saturated carbocycles. The van der Waals surface area contributed by atoms with Gasteiger partial charge in [-0.1, -0.05) is 44.2 Å². The third-order valence-corrected chi connectivity index (χ3v) is 3.45. The molecule has 1 aromatic heterocycles. The van der Waals surface area contributed by atoms with E-state index >= 15 is 0 Å². The zero-order valence-corrected chi connectivity index (χ0v) is 11.1. The van der Waals surface area contributed by atoms with Crippen LogP contribution in [0.5, 0.6) is 0 Å². The van der Waals surface area contributed by atoms with Crippen LogP contribution in [-0.4, -0.2) is 9.55 Å². The first-order valence-electron chi connectivity index (χ1n) is 6.11. The molecule has 1 heterocycles. The minimum absolute atomic E-state index is 0.338. The number of aryl methyl sites for hydroxylation is 1. The Bertz CT molecular complexity index is 525. The summed E-state index contributed by atoms with van der Waals surface area (Å²) < 4.78 is 3.06. The Morgan fingerprint density at radius 3 is 2.53 bits per heavy atom. The van der Waals surface area contributed by atoms with Crippen LogP contribution in [0.1, 0.15) is 37.6 Å². The molecule has 0 saturated heterocycles. The fourth-order valence-electron chi connectivity index (χ4n) is 2.27. The summed E-state index contributed by atoms with van der Waals surface area (Å²) in [5.74, 6) is 0. The highest BCUT2D eigenvalue weighted by molar-refractivity contribution is 7.71. The van der Waals surface area contributed by atoms with Gasteiger partial charge in [-0.3, -0.25) is 0 Å². The second-order valence-electron chi connectivity index (χ2n) is 4.14. The van der Waals surface area contributed by atoms with Crippen LogP contribution >= 0.6 is 12.2 Å². The van der Waals surface area contributed by atoms with Gasteiger partial charge < -0.3 is 9.55 Å². The molecule has 3 heteroatoms. The van der Waals surface area contributed by atoms with E-state index in [1.165, 1.54) is 11.3 Å². The van der Waals surface area contributed by atoms with E-state index in [1.54, 1.807) is 0 Å². The molecule has 1 atom stereocenters. The van der Waals surface area contributed by atoms with E-state index in [9.17, 15) is 0 Å². The first kappa shape index (κ1) is 12.1. The average molecular weight is 246 g/mol. The SMILES string of the molecule is CCc1c[nH]c(=S)n1C(CC)c1ccccc1. The highest BCUT2D eigenvalue weighted by atomic mass is 32.1. The van der Waals surface area contributed by atoms with Crippen molar-refractivity contribution in [2.24, 2.45) is 0 Å². The van der Waals surface area contributed by atoms with E-state index in [0.29, 0.717) is 6.04 Å². The van der Waals surface area contributed by atoms with Gasteiger partial charge in [0.1, 0.15) is 0 Å². The van der Waals surface area contributed by atoms with Crippen LogP contribution in [0.3, 0.4) is 0 Å². The van der Waals surface area contributed by atoms with Gasteiger partial charge in [0.05, 0.1) is 6.04 Å². The summed E-state index contributed by atoms with van der Waals surface area (Å²) in [6.45, 7) is 4.36. The summed E-state index contributed by atoms with van der Waals surface area (Å²) in [5.41, 5.74) is 2.59. The first-order chi connectivity index (χ1) is 8.27. The molecule has 0 aliphatic carbocycles. The topological polar surface area (TPSA) is 20.7 Å². The lowest BCUT2D eigenvalue weighted by Crippen LogP contribution is -2.12. The number of aromatic nitrogens is 2. The van der Waals surface area contributed by atoms with Crippen molar-refractivity contribution < 1.29 is 0 Å². The van der Waals surface area contributed by atoms with Gasteiger partial charge in [0.15, 0.2) is 4.77 Å². The molecule has 0 bridgehead atoms. The van der Waals surface area contributed by atoms with Crippen molar-refractivity contribution in [2.75, 3.05) is 0 Å². The van der Waals surface area contributed by atoms with Crippen molar-refractivity contribution in [3.05, 3.63) is 52.6 Å². The number of hydrogen-bond donors (Lipinski definition) is 1. The number of hydrogen-bond acceptors (Lipinski definition) is 1. The van der Waals surface area contributed by atoms with Gasteiger partial charge in [0.25, 0.3) is 0 Å². The molecule has 0 radical (unpaired) electrons. The largest absolute Gasteiger partial charge is 0.337 e. The first-order valence-corrected chi connectivity index (χ1v) is 6.52. The number of aromatic amines is 1. The number of H-pyrrole nitrogens is 1. The number of benzene rings is 1. The van der Waals surface area contributed by atoms with E-state index < -0.39 is 0 Å². The lowest BCUT2D eigenvalue weighted by atomic mass is 10.0. The summed E-state index contributed by atoms with van der Waals surface area (Å²) in [6, 6.07) is 10.9. The minimum Gasteiger partial charge on any atom is -0.337 e. The van der Waals surface area contributed by atoms with Crippen LogP contribution < -0.4 is 0 Å². The molecule has 90 valence electrons. The molecule has 0 fully saturated rings. The Kier molecular flexibility index (Phi) is 3.79. The van der Waals surface area contributed by atoms with Gasteiger partial charge in [-0.25, -0.2) is 0 Å². The van der Waals surface area contributed by atoms with Crippen LogP contribution in [0.25, 0.3) is 0 Å². The molecule has 2 rings (SSSR count). The van der Waals surface area contributed by atoms with Crippen LogP contribution in [0, 0.1) is 4.77 Å². The Morgan fingerprint density at radius 2 is 1.94 bits per heavy atom. The summed E-state index contributed by atoms with van der Waals surface area (Å²) in [7, 11) is 0. The molecule has 1 N–H and O–H groups in total. The van der Waals surface area contributed by atoms with Gasteiger partial charge >= 0.3 is 0 Å². The van der Waals surface area contributed by atoms with Crippen LogP contribution in [0.4, 0.5) is 0 Å². The Labute approximate surface area is 107 Å². The third kappa shape index (κ3) is 2.34. The quantitative estimate of drug-likeness (QED) is 0.805. The van der Waals surface area contributed by atoms with Crippen molar-refractivity contribution >= 4 is 12.2 Å². The summed E-state index contributed by atoms with van der Waals surface area (Å²) >= 11 is 5.39. The van der Waals surface area contributed by atoms with Crippen molar-refractivity contribution in [3.8, 4) is 0 Å². The molecule has 0 amide bonds. The maximum Gasteiger partial charge on any atom is 0.177 e. The van der Waals surface area contributed by atoms with Crippen molar-refractivity contribution in [2.45, 2.75) is 32.7 Å². The summed E-state index contributed by atoms with van der Waals surface area (Å²) in [5, 5.41) is 0. The molecule has 1 aromatic carbocycles. The summed E-state index contributed by atoms with van der Waals surface area (Å²) in [4.78, 5) is 3.15. The van der Waals surface area contributed by atoms with E-state index in [0.717, 1.165) is 17.6 Å². The molecular formula is C14H18N2S. The fourth-order valence-corrected chi connectivity index (χ4v) is 2.57. The summed E-state index contributed by atoms with van der Waals surface area (Å²) in [6.07, 6.45) is 4.06. The second kappa shape index (κ2) is 5.32. The van der Waals surface area contributed by atoms with Crippen molar-refractivity contribution in [1.29, 1.82) is 0 Å². The molecular weight excluding hydrogens is 228 g/mol. The zero-order chi connectivity index (χ0) is 12.3. The van der Waals surface area contributed by atoms with E-state index in [2.05, 4.69) is 47.7 Å². The molecule has 0 aliphatic heterocycles. The van der Waals surface area contributed by atoms with Crippen LogP contribution in [0.2, 0.25) is 0 Å². The molecule has 0 aliphatic rings. The maximum atomic E-state index is 5.39. The smallest absolute Gasteiger partial charge is 0.177 e. The highest BCUT2D eigenvalue weighted by Crippen LogP contribution is 2.24. The average Bonchev–Trinajstić information content (AvgIpc) is 2.74. The lowest BCUT2D eigenvalue weighted by Gasteiger charge is -2.19. The minimum atomic E-state index is 0.338. The monoisotopic (exact) mass is 246 g/mol. The standard InChI is InChI=1S/C14H18N2S/c1-3-12-10-15-14(17)16(12)13(4-2)11-8-6-5-7-9-11/h5-10,13H,3-4H2,1-2H3,(H,15,17). The van der Waals surface area contributed by atoms with Crippen molar-refractivity contribution in [1.82, 2.24) is 9.55 Å². The number of nitrogens with one attached hydrogen (secondary N) is 1. The highest BCUT2D eigenvalue weighted by Gasteiger charge is 2.14. The van der Waals surface area contributed by atoms with Crippen molar-refractivity contribution in [3.63, 3.8) is 0 Å². The number of nitrogens with zero attached hydrogens (tertiary/aromatic N) is 1. The second-order valence-corrected chi connectivity index (χ2v) is 4.53. The van der Waals surface area contributed by atoms with E-state index in [4.69, 9.17) is 12.2 Å². The predicted octanol–water partition coefficient (Wildman–Crippen LogP) is 4.11. The number of imidazole rings is 1.